The fourth-order valence-corrected chi connectivity index (χ4v) is 2.59. The Bertz CT molecular complexity index is 409. The van der Waals surface area contributed by atoms with Crippen LogP contribution in [0.5, 0.6) is 5.75 Å². The summed E-state index contributed by atoms with van der Waals surface area (Å²) in [5, 5.41) is 3.39. The van der Waals surface area contributed by atoms with Crippen LogP contribution in [0, 0.1) is 20.8 Å². The maximum absolute atomic E-state index is 5.47. The zero-order valence-electron chi connectivity index (χ0n) is 11.3. The number of nitrogens with zero attached hydrogens (tertiary/aromatic N) is 1. The van der Waals surface area contributed by atoms with Crippen molar-refractivity contribution in [3.05, 3.63) is 22.8 Å². The summed E-state index contributed by atoms with van der Waals surface area (Å²) in [5.41, 5.74) is 5.20. The average Bonchev–Trinajstić information content (AvgIpc) is 2.35. The summed E-state index contributed by atoms with van der Waals surface area (Å²) in [6, 6.07) is 2.26. The van der Waals surface area contributed by atoms with E-state index in [4.69, 9.17) is 4.74 Å². The first-order valence-electron chi connectivity index (χ1n) is 6.25. The van der Waals surface area contributed by atoms with Crippen molar-refractivity contribution in [2.75, 3.05) is 38.2 Å². The number of rotatable bonds is 2. The summed E-state index contributed by atoms with van der Waals surface area (Å²) in [6.45, 7) is 10.8. The molecule has 1 aromatic carbocycles. The van der Waals surface area contributed by atoms with E-state index < -0.39 is 0 Å². The van der Waals surface area contributed by atoms with Crippen LogP contribution in [-0.4, -0.2) is 33.3 Å². The van der Waals surface area contributed by atoms with Crippen LogP contribution in [0.4, 0.5) is 5.69 Å². The minimum Gasteiger partial charge on any atom is -0.496 e. The van der Waals surface area contributed by atoms with E-state index >= 15 is 0 Å². The highest BCUT2D eigenvalue weighted by molar-refractivity contribution is 5.63. The zero-order chi connectivity index (χ0) is 12.4. The molecule has 94 valence electrons. The van der Waals surface area contributed by atoms with Crippen molar-refractivity contribution in [1.82, 2.24) is 5.32 Å². The topological polar surface area (TPSA) is 24.5 Å². The van der Waals surface area contributed by atoms with Gasteiger partial charge in [-0.15, -0.1) is 0 Å². The third-order valence-corrected chi connectivity index (χ3v) is 3.66. The Hall–Kier alpha value is -1.22. The number of ether oxygens (including phenoxy) is 1. The van der Waals surface area contributed by atoms with Crippen molar-refractivity contribution in [2.45, 2.75) is 20.8 Å². The predicted molar refractivity (Wildman–Crippen MR) is 72.3 cm³/mol. The Labute approximate surface area is 104 Å². The Morgan fingerprint density at radius 2 is 1.76 bits per heavy atom. The monoisotopic (exact) mass is 234 g/mol. The first kappa shape index (κ1) is 12.2. The molecule has 1 aliphatic rings. The number of hydrogen-bond donors (Lipinski definition) is 1. The summed E-state index contributed by atoms with van der Waals surface area (Å²) in [7, 11) is 1.75. The van der Waals surface area contributed by atoms with Gasteiger partial charge in [0.2, 0.25) is 0 Å². The van der Waals surface area contributed by atoms with Gasteiger partial charge in [-0.2, -0.15) is 0 Å². The van der Waals surface area contributed by atoms with Crippen LogP contribution in [0.15, 0.2) is 6.07 Å². The Kier molecular flexibility index (Phi) is 3.57. The Balaban J connectivity index is 2.40. The largest absolute Gasteiger partial charge is 0.496 e. The first-order chi connectivity index (χ1) is 8.15. The maximum Gasteiger partial charge on any atom is 0.125 e. The van der Waals surface area contributed by atoms with Crippen molar-refractivity contribution < 1.29 is 4.74 Å². The minimum absolute atomic E-state index is 1.03. The smallest absolute Gasteiger partial charge is 0.125 e. The van der Waals surface area contributed by atoms with E-state index in [1.54, 1.807) is 7.11 Å². The SMILES string of the molecule is COc1c(C)cc(N2CCNCC2)c(C)c1C. The van der Waals surface area contributed by atoms with Gasteiger partial charge in [0.1, 0.15) is 5.75 Å². The van der Waals surface area contributed by atoms with Crippen LogP contribution in [-0.2, 0) is 0 Å². The summed E-state index contributed by atoms with van der Waals surface area (Å²) in [4.78, 5) is 2.46. The van der Waals surface area contributed by atoms with Crippen molar-refractivity contribution in [1.29, 1.82) is 0 Å². The molecule has 1 fully saturated rings. The molecule has 0 aliphatic carbocycles. The highest BCUT2D eigenvalue weighted by Gasteiger charge is 2.17. The summed E-state index contributed by atoms with van der Waals surface area (Å²) < 4.78 is 5.47. The molecular weight excluding hydrogens is 212 g/mol. The molecule has 0 radical (unpaired) electrons. The fourth-order valence-electron chi connectivity index (χ4n) is 2.59. The minimum atomic E-state index is 1.03. The molecule has 1 saturated heterocycles. The van der Waals surface area contributed by atoms with Gasteiger partial charge in [0.15, 0.2) is 0 Å². The second-order valence-electron chi connectivity index (χ2n) is 4.73. The molecule has 1 aliphatic heterocycles. The van der Waals surface area contributed by atoms with Crippen LogP contribution in [0.1, 0.15) is 16.7 Å². The van der Waals surface area contributed by atoms with Crippen LogP contribution >= 0.6 is 0 Å². The van der Waals surface area contributed by atoms with Crippen LogP contribution in [0.25, 0.3) is 0 Å². The summed E-state index contributed by atoms with van der Waals surface area (Å²) in [5.74, 6) is 1.03. The molecule has 0 amide bonds. The van der Waals surface area contributed by atoms with Gasteiger partial charge in [-0.1, -0.05) is 0 Å². The molecular formula is C14H22N2O. The van der Waals surface area contributed by atoms with Crippen molar-refractivity contribution in [3.63, 3.8) is 0 Å². The number of anilines is 1. The normalized spacial score (nSPS) is 16.1. The molecule has 1 aromatic rings. The van der Waals surface area contributed by atoms with Gasteiger partial charge in [-0.25, -0.2) is 0 Å². The lowest BCUT2D eigenvalue weighted by Gasteiger charge is -2.32. The number of hydrogen-bond acceptors (Lipinski definition) is 3. The fraction of sp³-hybridized carbons (Fsp3) is 0.571. The van der Waals surface area contributed by atoms with E-state index in [9.17, 15) is 0 Å². The lowest BCUT2D eigenvalue weighted by molar-refractivity contribution is 0.408. The number of methoxy groups -OCH3 is 1. The van der Waals surface area contributed by atoms with Gasteiger partial charge in [0, 0.05) is 31.9 Å². The molecule has 1 heterocycles. The lowest BCUT2D eigenvalue weighted by atomic mass is 10.0. The Morgan fingerprint density at radius 3 is 2.35 bits per heavy atom. The highest BCUT2D eigenvalue weighted by Crippen LogP contribution is 2.33. The third kappa shape index (κ3) is 2.25. The van der Waals surface area contributed by atoms with Gasteiger partial charge in [-0.3, -0.25) is 0 Å². The molecule has 3 nitrogen and oxygen atoms in total. The second kappa shape index (κ2) is 4.96. The van der Waals surface area contributed by atoms with Gasteiger partial charge < -0.3 is 15.0 Å². The molecule has 17 heavy (non-hydrogen) atoms. The highest BCUT2D eigenvalue weighted by atomic mass is 16.5. The van der Waals surface area contributed by atoms with E-state index in [-0.39, 0.29) is 0 Å². The molecule has 0 saturated carbocycles. The van der Waals surface area contributed by atoms with Gasteiger partial charge >= 0.3 is 0 Å². The average molecular weight is 234 g/mol. The van der Waals surface area contributed by atoms with Crippen molar-refractivity contribution >= 4 is 5.69 Å². The molecule has 1 N–H and O–H groups in total. The first-order valence-corrected chi connectivity index (χ1v) is 6.25. The van der Waals surface area contributed by atoms with Gasteiger partial charge in [0.05, 0.1) is 7.11 Å². The number of piperazine rings is 1. The van der Waals surface area contributed by atoms with E-state index in [0.717, 1.165) is 31.9 Å². The lowest BCUT2D eigenvalue weighted by Crippen LogP contribution is -2.43. The molecule has 0 atom stereocenters. The standard InChI is InChI=1S/C14H22N2O/c1-10-9-13(16-7-5-15-6-8-16)11(2)12(3)14(10)17-4/h9,15H,5-8H2,1-4H3. The van der Waals surface area contributed by atoms with E-state index in [0.29, 0.717) is 0 Å². The molecule has 0 bridgehead atoms. The molecule has 0 aromatic heterocycles. The molecule has 0 spiro atoms. The molecule has 0 unspecified atom stereocenters. The van der Waals surface area contributed by atoms with Crippen molar-refractivity contribution in [2.24, 2.45) is 0 Å². The number of benzene rings is 1. The van der Waals surface area contributed by atoms with E-state index in [1.807, 2.05) is 0 Å². The van der Waals surface area contributed by atoms with Gasteiger partial charge in [-0.05, 0) is 43.5 Å². The maximum atomic E-state index is 5.47. The Morgan fingerprint density at radius 1 is 1.12 bits per heavy atom. The zero-order valence-corrected chi connectivity index (χ0v) is 11.3. The number of aryl methyl sites for hydroxylation is 1. The molecule has 3 heteroatoms. The summed E-state index contributed by atoms with van der Waals surface area (Å²) in [6.07, 6.45) is 0. The van der Waals surface area contributed by atoms with Crippen LogP contribution in [0.2, 0.25) is 0 Å². The molecule has 2 rings (SSSR count). The van der Waals surface area contributed by atoms with Crippen LogP contribution < -0.4 is 15.0 Å². The number of nitrogens with one attached hydrogen (secondary N) is 1. The van der Waals surface area contributed by atoms with E-state index in [1.165, 1.54) is 22.4 Å². The van der Waals surface area contributed by atoms with Crippen molar-refractivity contribution in [3.8, 4) is 5.75 Å². The quantitative estimate of drug-likeness (QED) is 0.847. The predicted octanol–water partition coefficient (Wildman–Crippen LogP) is 2.03. The van der Waals surface area contributed by atoms with Gasteiger partial charge in [0.25, 0.3) is 0 Å². The van der Waals surface area contributed by atoms with E-state index in [2.05, 4.69) is 37.1 Å². The second-order valence-corrected chi connectivity index (χ2v) is 4.73. The summed E-state index contributed by atoms with van der Waals surface area (Å²) >= 11 is 0. The third-order valence-electron chi connectivity index (χ3n) is 3.66. The van der Waals surface area contributed by atoms with Crippen LogP contribution in [0.3, 0.4) is 0 Å².